The third kappa shape index (κ3) is 5.89. The largest absolute Gasteiger partial charge is 0.490 e. The Morgan fingerprint density at radius 1 is 0.895 bits per heavy atom. The van der Waals surface area contributed by atoms with E-state index in [1.165, 1.54) is 6.08 Å². The Balaban J connectivity index is 1.65. The number of hydrogen-bond donors (Lipinski definition) is 1. The van der Waals surface area contributed by atoms with E-state index in [-0.39, 0.29) is 17.2 Å². The SMILES string of the molecule is CCOc1cc(/C=C2\C(=O)NC(=O)N(c3ccc(CC)cc3)C2=O)cc(Cl)c1OCc1cc(C)cc(C)c1. The number of benzene rings is 3. The summed E-state index contributed by atoms with van der Waals surface area (Å²) in [6, 6.07) is 15.6. The summed E-state index contributed by atoms with van der Waals surface area (Å²) in [6.07, 6.45) is 2.21. The van der Waals surface area contributed by atoms with E-state index in [2.05, 4.69) is 11.4 Å². The standard InChI is InChI=1S/C30H29ClN2O5/c1-5-20-7-9-23(10-8-20)33-29(35)24(28(34)32-30(33)36)14-21-15-25(31)27(26(16-21)37-6-2)38-17-22-12-18(3)11-19(4)13-22/h7-16H,5-6,17H2,1-4H3,(H,32,34,36)/b24-14+. The summed E-state index contributed by atoms with van der Waals surface area (Å²) in [5.74, 6) is -0.775. The van der Waals surface area contributed by atoms with Gasteiger partial charge >= 0.3 is 6.03 Å². The van der Waals surface area contributed by atoms with Crippen molar-refractivity contribution in [1.82, 2.24) is 5.32 Å². The Morgan fingerprint density at radius 3 is 2.21 bits per heavy atom. The van der Waals surface area contributed by atoms with Crippen molar-refractivity contribution < 1.29 is 23.9 Å². The molecule has 3 aromatic rings. The normalized spacial score (nSPS) is 14.6. The molecule has 4 rings (SSSR count). The summed E-state index contributed by atoms with van der Waals surface area (Å²) in [4.78, 5) is 39.4. The number of amides is 4. The molecule has 3 aromatic carbocycles. The second-order valence-corrected chi connectivity index (χ2v) is 9.43. The van der Waals surface area contributed by atoms with Crippen LogP contribution in [0.2, 0.25) is 5.02 Å². The number of carbonyl (C=O) groups excluding carboxylic acids is 3. The van der Waals surface area contributed by atoms with E-state index >= 15 is 0 Å². The topological polar surface area (TPSA) is 84.9 Å². The number of nitrogens with one attached hydrogen (secondary N) is 1. The average molecular weight is 533 g/mol. The number of aryl methyl sites for hydroxylation is 3. The maximum absolute atomic E-state index is 13.3. The zero-order valence-electron chi connectivity index (χ0n) is 21.8. The minimum atomic E-state index is -0.801. The smallest absolute Gasteiger partial charge is 0.335 e. The van der Waals surface area contributed by atoms with Gasteiger partial charge < -0.3 is 9.47 Å². The maximum atomic E-state index is 13.3. The molecular formula is C30H29ClN2O5. The van der Waals surface area contributed by atoms with Gasteiger partial charge in [-0.3, -0.25) is 14.9 Å². The van der Waals surface area contributed by atoms with Gasteiger partial charge in [0.15, 0.2) is 11.5 Å². The minimum Gasteiger partial charge on any atom is -0.490 e. The molecule has 1 aliphatic rings. The number of anilines is 1. The first-order chi connectivity index (χ1) is 18.2. The number of nitrogens with zero attached hydrogens (tertiary/aromatic N) is 1. The summed E-state index contributed by atoms with van der Waals surface area (Å²) < 4.78 is 11.8. The van der Waals surface area contributed by atoms with Crippen molar-refractivity contribution in [3.8, 4) is 11.5 Å². The number of hydrogen-bond acceptors (Lipinski definition) is 5. The number of carbonyl (C=O) groups is 3. The van der Waals surface area contributed by atoms with Gasteiger partial charge in [-0.1, -0.05) is 60.0 Å². The first kappa shape index (κ1) is 26.9. The molecule has 0 radical (unpaired) electrons. The van der Waals surface area contributed by atoms with Gasteiger partial charge in [0.05, 0.1) is 17.3 Å². The molecule has 0 saturated carbocycles. The summed E-state index contributed by atoms with van der Waals surface area (Å²) >= 11 is 6.58. The van der Waals surface area contributed by atoms with Gasteiger partial charge in [0.2, 0.25) is 0 Å². The van der Waals surface area contributed by atoms with Crippen molar-refractivity contribution in [2.75, 3.05) is 11.5 Å². The third-order valence-electron chi connectivity index (χ3n) is 6.01. The van der Waals surface area contributed by atoms with Crippen LogP contribution >= 0.6 is 11.6 Å². The molecule has 0 aliphatic carbocycles. The summed E-state index contributed by atoms with van der Waals surface area (Å²) in [7, 11) is 0. The molecule has 1 heterocycles. The van der Waals surface area contributed by atoms with E-state index in [9.17, 15) is 14.4 Å². The molecule has 1 N–H and O–H groups in total. The highest BCUT2D eigenvalue weighted by atomic mass is 35.5. The van der Waals surface area contributed by atoms with Gasteiger partial charge in [-0.05, 0) is 74.2 Å². The van der Waals surface area contributed by atoms with Crippen LogP contribution in [0.25, 0.3) is 6.08 Å². The van der Waals surface area contributed by atoms with Crippen molar-refractivity contribution in [1.29, 1.82) is 0 Å². The lowest BCUT2D eigenvalue weighted by molar-refractivity contribution is -0.122. The van der Waals surface area contributed by atoms with Crippen LogP contribution in [0.4, 0.5) is 10.5 Å². The van der Waals surface area contributed by atoms with Crippen molar-refractivity contribution >= 4 is 41.2 Å². The van der Waals surface area contributed by atoms with Crippen molar-refractivity contribution in [3.63, 3.8) is 0 Å². The highest BCUT2D eigenvalue weighted by Crippen LogP contribution is 2.38. The van der Waals surface area contributed by atoms with Crippen molar-refractivity contribution in [2.24, 2.45) is 0 Å². The first-order valence-electron chi connectivity index (χ1n) is 12.4. The number of barbiturate groups is 1. The molecule has 8 heteroatoms. The van der Waals surface area contributed by atoms with Crippen LogP contribution in [0.3, 0.4) is 0 Å². The van der Waals surface area contributed by atoms with E-state index in [1.54, 1.807) is 24.3 Å². The zero-order valence-corrected chi connectivity index (χ0v) is 22.5. The predicted octanol–water partition coefficient (Wildman–Crippen LogP) is 6.16. The van der Waals surface area contributed by atoms with E-state index < -0.39 is 17.8 Å². The van der Waals surface area contributed by atoms with Crippen LogP contribution in [0.15, 0.2) is 60.2 Å². The quantitative estimate of drug-likeness (QED) is 0.277. The van der Waals surface area contributed by atoms with Crippen LogP contribution < -0.4 is 19.7 Å². The monoisotopic (exact) mass is 532 g/mol. The zero-order chi connectivity index (χ0) is 27.4. The number of imide groups is 2. The average Bonchev–Trinajstić information content (AvgIpc) is 2.86. The van der Waals surface area contributed by atoms with Gasteiger partial charge in [-0.25, -0.2) is 9.69 Å². The fraction of sp³-hybridized carbons (Fsp3) is 0.233. The molecule has 0 atom stereocenters. The van der Waals surface area contributed by atoms with Gasteiger partial charge in [-0.2, -0.15) is 0 Å². The van der Waals surface area contributed by atoms with Crippen LogP contribution in [-0.2, 0) is 22.6 Å². The molecule has 4 amide bonds. The molecule has 38 heavy (non-hydrogen) atoms. The number of halogens is 1. The molecule has 1 fully saturated rings. The fourth-order valence-corrected chi connectivity index (χ4v) is 4.60. The summed E-state index contributed by atoms with van der Waals surface area (Å²) in [5.41, 5.74) is 4.93. The Bertz CT molecular complexity index is 1410. The molecule has 0 bridgehead atoms. The van der Waals surface area contributed by atoms with Crippen LogP contribution in [-0.4, -0.2) is 24.5 Å². The Labute approximate surface area is 227 Å². The molecule has 196 valence electrons. The van der Waals surface area contributed by atoms with Crippen LogP contribution in [0, 0.1) is 13.8 Å². The van der Waals surface area contributed by atoms with Gasteiger partial charge in [0.1, 0.15) is 12.2 Å². The third-order valence-corrected chi connectivity index (χ3v) is 6.29. The van der Waals surface area contributed by atoms with Gasteiger partial charge in [-0.15, -0.1) is 0 Å². The number of urea groups is 1. The summed E-state index contributed by atoms with van der Waals surface area (Å²) in [5, 5.41) is 2.50. The Kier molecular flexibility index (Phi) is 8.17. The fourth-order valence-electron chi connectivity index (χ4n) is 4.32. The van der Waals surface area contributed by atoms with E-state index in [0.29, 0.717) is 29.4 Å². The number of rotatable bonds is 8. The lowest BCUT2D eigenvalue weighted by Crippen LogP contribution is -2.54. The second-order valence-electron chi connectivity index (χ2n) is 9.03. The molecule has 7 nitrogen and oxygen atoms in total. The Hall–Kier alpha value is -4.10. The summed E-state index contributed by atoms with van der Waals surface area (Å²) in [6.45, 7) is 8.53. The van der Waals surface area contributed by atoms with Crippen LogP contribution in [0.5, 0.6) is 11.5 Å². The molecule has 0 spiro atoms. The van der Waals surface area contributed by atoms with E-state index in [1.807, 2.05) is 52.0 Å². The van der Waals surface area contributed by atoms with E-state index in [0.717, 1.165) is 33.6 Å². The molecular weight excluding hydrogens is 504 g/mol. The molecule has 0 unspecified atom stereocenters. The lowest BCUT2D eigenvalue weighted by atomic mass is 10.1. The molecule has 1 saturated heterocycles. The highest BCUT2D eigenvalue weighted by molar-refractivity contribution is 6.39. The van der Waals surface area contributed by atoms with Gasteiger partial charge in [0, 0.05) is 0 Å². The van der Waals surface area contributed by atoms with Crippen molar-refractivity contribution in [2.45, 2.75) is 40.7 Å². The number of ether oxygens (including phenoxy) is 2. The first-order valence-corrected chi connectivity index (χ1v) is 12.7. The predicted molar refractivity (Wildman–Crippen MR) is 148 cm³/mol. The maximum Gasteiger partial charge on any atom is 0.335 e. The van der Waals surface area contributed by atoms with Crippen LogP contribution in [0.1, 0.15) is 41.7 Å². The lowest BCUT2D eigenvalue weighted by Gasteiger charge is -2.26. The minimum absolute atomic E-state index is 0.202. The highest BCUT2D eigenvalue weighted by Gasteiger charge is 2.36. The van der Waals surface area contributed by atoms with E-state index in [4.69, 9.17) is 21.1 Å². The second kappa shape index (κ2) is 11.5. The Morgan fingerprint density at radius 2 is 1.58 bits per heavy atom. The van der Waals surface area contributed by atoms with Gasteiger partial charge in [0.25, 0.3) is 11.8 Å². The molecule has 0 aromatic heterocycles. The van der Waals surface area contributed by atoms with Crippen molar-refractivity contribution in [3.05, 3.63) is 93.0 Å². The molecule has 1 aliphatic heterocycles.